The van der Waals surface area contributed by atoms with Gasteiger partial charge in [0.1, 0.15) is 18.2 Å². The second kappa shape index (κ2) is 6.03. The fraction of sp³-hybridized carbons (Fsp3) is 0.556. The van der Waals surface area contributed by atoms with E-state index < -0.39 is 6.10 Å². The fourth-order valence-corrected chi connectivity index (χ4v) is 3.78. The van der Waals surface area contributed by atoms with Crippen LogP contribution in [0.3, 0.4) is 0 Å². The van der Waals surface area contributed by atoms with Gasteiger partial charge in [0.25, 0.3) is 0 Å². The van der Waals surface area contributed by atoms with Crippen LogP contribution >= 0.6 is 11.6 Å². The van der Waals surface area contributed by atoms with E-state index in [-0.39, 0.29) is 12.1 Å². The molecule has 0 radical (unpaired) electrons. The number of nitriles is 1. The molecule has 2 aliphatic heterocycles. The molecule has 3 aliphatic rings. The Morgan fingerprint density at radius 3 is 2.92 bits per heavy atom. The second-order valence-electron chi connectivity index (χ2n) is 6.90. The molecule has 0 spiro atoms. The molecule has 1 aliphatic carbocycles. The third-order valence-corrected chi connectivity index (χ3v) is 5.69. The highest BCUT2D eigenvalue weighted by Crippen LogP contribution is 2.36. The molecule has 24 heavy (non-hydrogen) atoms. The summed E-state index contributed by atoms with van der Waals surface area (Å²) in [6, 6.07) is 5.61. The maximum atomic E-state index is 10.4. The fourth-order valence-electron chi connectivity index (χ4n) is 3.57. The molecule has 0 aromatic heterocycles. The Morgan fingerprint density at radius 1 is 1.42 bits per heavy atom. The number of hydrogen-bond acceptors (Lipinski definition) is 5. The minimum atomic E-state index is -0.426. The predicted octanol–water partition coefficient (Wildman–Crippen LogP) is 2.47. The van der Waals surface area contributed by atoms with Crippen LogP contribution in [0.5, 0.6) is 0 Å². The molecule has 1 saturated carbocycles. The van der Waals surface area contributed by atoms with E-state index in [0.29, 0.717) is 23.1 Å². The molecule has 6 heteroatoms. The van der Waals surface area contributed by atoms with Crippen molar-refractivity contribution in [2.45, 2.75) is 44.4 Å². The van der Waals surface area contributed by atoms with E-state index >= 15 is 0 Å². The molecule has 2 heterocycles. The van der Waals surface area contributed by atoms with Gasteiger partial charge in [-0.3, -0.25) is 5.01 Å². The van der Waals surface area contributed by atoms with Crippen molar-refractivity contribution in [1.29, 1.82) is 5.26 Å². The van der Waals surface area contributed by atoms with Crippen molar-refractivity contribution in [1.82, 2.24) is 5.01 Å². The summed E-state index contributed by atoms with van der Waals surface area (Å²) in [5, 5.41) is 26.6. The zero-order valence-corrected chi connectivity index (χ0v) is 14.3. The van der Waals surface area contributed by atoms with Crippen molar-refractivity contribution < 1.29 is 9.84 Å². The van der Waals surface area contributed by atoms with Gasteiger partial charge in [0, 0.05) is 12.1 Å². The van der Waals surface area contributed by atoms with E-state index in [0.717, 1.165) is 29.8 Å². The van der Waals surface area contributed by atoms with Crippen molar-refractivity contribution in [2.75, 3.05) is 13.2 Å². The number of ether oxygens (including phenoxy) is 1. The van der Waals surface area contributed by atoms with E-state index in [1.54, 1.807) is 6.07 Å². The predicted molar refractivity (Wildman–Crippen MR) is 91.0 cm³/mol. The maximum Gasteiger partial charge on any atom is 0.126 e. The van der Waals surface area contributed by atoms with Crippen molar-refractivity contribution in [3.05, 3.63) is 33.8 Å². The van der Waals surface area contributed by atoms with E-state index in [1.165, 1.54) is 12.8 Å². The van der Waals surface area contributed by atoms with Gasteiger partial charge in [0.15, 0.2) is 0 Å². The summed E-state index contributed by atoms with van der Waals surface area (Å²) in [5.41, 5.74) is 3.03. The van der Waals surface area contributed by atoms with Crippen LogP contribution in [0.15, 0.2) is 17.2 Å². The number of rotatable bonds is 4. The first-order chi connectivity index (χ1) is 11.6. The van der Waals surface area contributed by atoms with Crippen LogP contribution in [-0.4, -0.2) is 47.2 Å². The minimum Gasteiger partial charge on any atom is -0.391 e. The Kier molecular flexibility index (Phi) is 4.00. The van der Waals surface area contributed by atoms with Crippen LogP contribution in [0.25, 0.3) is 0 Å². The summed E-state index contributed by atoms with van der Waals surface area (Å²) in [7, 11) is 0. The normalized spacial score (nSPS) is 28.7. The lowest BCUT2D eigenvalue weighted by molar-refractivity contribution is 0.0110. The van der Waals surface area contributed by atoms with Gasteiger partial charge in [-0.05, 0) is 43.7 Å². The summed E-state index contributed by atoms with van der Waals surface area (Å²) >= 11 is 6.33. The Labute approximate surface area is 146 Å². The third-order valence-electron chi connectivity index (χ3n) is 5.20. The average Bonchev–Trinajstić information content (AvgIpc) is 3.24. The van der Waals surface area contributed by atoms with Gasteiger partial charge < -0.3 is 9.84 Å². The van der Waals surface area contributed by atoms with Gasteiger partial charge in [-0.25, -0.2) is 0 Å². The van der Waals surface area contributed by atoms with E-state index in [4.69, 9.17) is 26.7 Å². The molecule has 0 bridgehead atoms. The first-order valence-electron chi connectivity index (χ1n) is 8.44. The number of hydrogen-bond donors (Lipinski definition) is 1. The lowest BCUT2D eigenvalue weighted by atomic mass is 9.94. The summed E-state index contributed by atoms with van der Waals surface area (Å²) < 4.78 is 6.19. The van der Waals surface area contributed by atoms with Crippen LogP contribution < -0.4 is 0 Å². The van der Waals surface area contributed by atoms with Crippen LogP contribution in [0, 0.1) is 24.2 Å². The molecule has 2 fully saturated rings. The standard InChI is InChI=1S/C18H20ClN3O2/c1-10-13(5-4-12(8-20)15(10)19)16-18(24-9-11-2-3-11)17-14(23)6-7-22(17)21-16/h4-5,11,14,17-18,23H,2-3,6-7,9H2,1H3. The van der Waals surface area contributed by atoms with Gasteiger partial charge in [-0.2, -0.15) is 10.4 Å². The average molecular weight is 346 g/mol. The van der Waals surface area contributed by atoms with Gasteiger partial charge in [-0.1, -0.05) is 17.7 Å². The molecule has 1 aromatic carbocycles. The highest BCUT2D eigenvalue weighted by Gasteiger charge is 2.47. The summed E-state index contributed by atoms with van der Waals surface area (Å²) in [6.45, 7) is 3.35. The highest BCUT2D eigenvalue weighted by molar-refractivity contribution is 6.33. The molecule has 1 saturated heterocycles. The van der Waals surface area contributed by atoms with Crippen molar-refractivity contribution in [3.8, 4) is 6.07 Å². The summed E-state index contributed by atoms with van der Waals surface area (Å²) in [5.74, 6) is 0.643. The maximum absolute atomic E-state index is 10.4. The third kappa shape index (κ3) is 2.59. The Bertz CT molecular complexity index is 739. The van der Waals surface area contributed by atoms with E-state index in [9.17, 15) is 5.11 Å². The van der Waals surface area contributed by atoms with Crippen LogP contribution in [-0.2, 0) is 4.74 Å². The van der Waals surface area contributed by atoms with Crippen molar-refractivity contribution in [2.24, 2.45) is 11.0 Å². The molecule has 0 amide bonds. The number of aliphatic hydroxyl groups excluding tert-OH is 1. The number of fused-ring (bicyclic) bond motifs is 1. The first-order valence-corrected chi connectivity index (χ1v) is 8.82. The minimum absolute atomic E-state index is 0.118. The summed E-state index contributed by atoms with van der Waals surface area (Å²) in [6.07, 6.45) is 2.49. The van der Waals surface area contributed by atoms with Crippen molar-refractivity contribution >= 4 is 17.3 Å². The molecular formula is C18H20ClN3O2. The molecule has 3 unspecified atom stereocenters. The van der Waals surface area contributed by atoms with Gasteiger partial charge in [0.2, 0.25) is 0 Å². The van der Waals surface area contributed by atoms with E-state index in [1.807, 2.05) is 18.0 Å². The Hall–Kier alpha value is -1.61. The van der Waals surface area contributed by atoms with Gasteiger partial charge in [0.05, 0.1) is 29.0 Å². The molecule has 4 rings (SSSR count). The number of aliphatic hydroxyl groups is 1. The Morgan fingerprint density at radius 2 is 2.21 bits per heavy atom. The molecule has 126 valence electrons. The topological polar surface area (TPSA) is 68.8 Å². The zero-order chi connectivity index (χ0) is 16.8. The molecular weight excluding hydrogens is 326 g/mol. The second-order valence-corrected chi connectivity index (χ2v) is 7.28. The van der Waals surface area contributed by atoms with Crippen LogP contribution in [0.1, 0.15) is 36.0 Å². The molecule has 3 atom stereocenters. The largest absolute Gasteiger partial charge is 0.391 e. The lowest BCUT2D eigenvalue weighted by Gasteiger charge is -2.24. The molecule has 1 aromatic rings. The number of halogens is 1. The first kappa shape index (κ1) is 15.9. The van der Waals surface area contributed by atoms with Crippen LogP contribution in [0.2, 0.25) is 5.02 Å². The van der Waals surface area contributed by atoms with Gasteiger partial charge in [-0.15, -0.1) is 0 Å². The summed E-state index contributed by atoms with van der Waals surface area (Å²) in [4.78, 5) is 0. The Balaban J connectivity index is 1.69. The molecule has 5 nitrogen and oxygen atoms in total. The monoisotopic (exact) mass is 345 g/mol. The highest BCUT2D eigenvalue weighted by atomic mass is 35.5. The SMILES string of the molecule is Cc1c(C2=NN3CCC(O)C3C2OCC2CC2)ccc(C#N)c1Cl. The number of hydrazone groups is 1. The zero-order valence-electron chi connectivity index (χ0n) is 13.6. The molecule has 1 N–H and O–H groups in total. The number of benzene rings is 1. The smallest absolute Gasteiger partial charge is 0.126 e. The van der Waals surface area contributed by atoms with Crippen molar-refractivity contribution in [3.63, 3.8) is 0 Å². The van der Waals surface area contributed by atoms with Gasteiger partial charge >= 0.3 is 0 Å². The number of nitrogens with zero attached hydrogens (tertiary/aromatic N) is 3. The van der Waals surface area contributed by atoms with Crippen LogP contribution in [0.4, 0.5) is 0 Å². The quantitative estimate of drug-likeness (QED) is 0.910. The van der Waals surface area contributed by atoms with E-state index in [2.05, 4.69) is 6.07 Å². The lowest BCUT2D eigenvalue weighted by Crippen LogP contribution is -2.42.